The molecular formula is C20H27N3O4. The van der Waals surface area contributed by atoms with Crippen LogP contribution in [0.25, 0.3) is 11.3 Å². The van der Waals surface area contributed by atoms with E-state index in [-0.39, 0.29) is 11.5 Å². The number of methoxy groups -OCH3 is 2. The molecule has 2 aromatic rings. The van der Waals surface area contributed by atoms with E-state index in [1.54, 1.807) is 7.11 Å². The Kier molecular flexibility index (Phi) is 7.85. The highest BCUT2D eigenvalue weighted by Gasteiger charge is 2.12. The van der Waals surface area contributed by atoms with Crippen molar-refractivity contribution in [3.8, 4) is 22.8 Å². The molecule has 0 fully saturated rings. The fourth-order valence-electron chi connectivity index (χ4n) is 2.62. The van der Waals surface area contributed by atoms with Crippen molar-refractivity contribution in [1.29, 1.82) is 0 Å². The van der Waals surface area contributed by atoms with Gasteiger partial charge in [-0.05, 0) is 37.1 Å². The van der Waals surface area contributed by atoms with Crippen LogP contribution in [0.2, 0.25) is 0 Å². The van der Waals surface area contributed by atoms with Gasteiger partial charge in [-0.2, -0.15) is 5.10 Å². The average molecular weight is 373 g/mol. The highest BCUT2D eigenvalue weighted by atomic mass is 16.5. The molecule has 0 saturated heterocycles. The summed E-state index contributed by atoms with van der Waals surface area (Å²) < 4.78 is 11.9. The fraction of sp³-hybridized carbons (Fsp3) is 0.450. The van der Waals surface area contributed by atoms with Crippen molar-refractivity contribution in [3.63, 3.8) is 0 Å². The molecule has 7 nitrogen and oxygen atoms in total. The van der Waals surface area contributed by atoms with Gasteiger partial charge < -0.3 is 14.8 Å². The van der Waals surface area contributed by atoms with E-state index in [4.69, 9.17) is 9.47 Å². The number of nitrogens with one attached hydrogen (secondary N) is 1. The zero-order chi connectivity index (χ0) is 19.6. The van der Waals surface area contributed by atoms with E-state index < -0.39 is 0 Å². The maximum atomic E-state index is 12.3. The molecule has 1 N–H and O–H groups in total. The topological polar surface area (TPSA) is 82.5 Å². The number of aryl methyl sites for hydroxylation is 1. The van der Waals surface area contributed by atoms with Gasteiger partial charge in [0, 0.05) is 31.1 Å². The Bertz CT molecular complexity index is 800. The number of carbonyl (C=O) groups excluding carboxylic acids is 1. The van der Waals surface area contributed by atoms with E-state index in [0.717, 1.165) is 24.2 Å². The maximum absolute atomic E-state index is 12.3. The summed E-state index contributed by atoms with van der Waals surface area (Å²) in [6.45, 7) is 3.14. The Hall–Kier alpha value is -2.83. The first-order chi connectivity index (χ1) is 13.1. The minimum Gasteiger partial charge on any atom is -0.497 e. The molecule has 0 saturated carbocycles. The van der Waals surface area contributed by atoms with Crippen LogP contribution in [0.3, 0.4) is 0 Å². The number of unbranched alkanes of at least 4 members (excludes halogenated alkanes) is 1. The monoisotopic (exact) mass is 373 g/mol. The first-order valence-electron chi connectivity index (χ1n) is 9.16. The third-order valence-electron chi connectivity index (χ3n) is 4.17. The van der Waals surface area contributed by atoms with E-state index in [1.165, 1.54) is 17.9 Å². The molecule has 1 heterocycles. The summed E-state index contributed by atoms with van der Waals surface area (Å²) in [6.07, 6.45) is 2.91. The average Bonchev–Trinajstić information content (AvgIpc) is 2.69. The molecule has 0 unspecified atom stereocenters. The smallest absolute Gasteiger partial charge is 0.270 e. The third-order valence-corrected chi connectivity index (χ3v) is 4.17. The largest absolute Gasteiger partial charge is 0.497 e. The van der Waals surface area contributed by atoms with Gasteiger partial charge in [-0.1, -0.05) is 13.3 Å². The summed E-state index contributed by atoms with van der Waals surface area (Å²) in [6, 6.07) is 8.80. The second-order valence-electron chi connectivity index (χ2n) is 6.16. The zero-order valence-corrected chi connectivity index (χ0v) is 16.2. The van der Waals surface area contributed by atoms with Gasteiger partial charge in [0.2, 0.25) is 5.91 Å². The number of aromatic nitrogens is 2. The predicted molar refractivity (Wildman–Crippen MR) is 104 cm³/mol. The number of nitrogens with zero attached hydrogens (tertiary/aromatic N) is 2. The van der Waals surface area contributed by atoms with Crippen LogP contribution in [0, 0.1) is 0 Å². The molecule has 0 aliphatic heterocycles. The van der Waals surface area contributed by atoms with Crippen molar-refractivity contribution < 1.29 is 14.3 Å². The van der Waals surface area contributed by atoms with Crippen LogP contribution >= 0.6 is 0 Å². The van der Waals surface area contributed by atoms with E-state index in [0.29, 0.717) is 37.4 Å². The number of hydrogen-bond donors (Lipinski definition) is 1. The van der Waals surface area contributed by atoms with Gasteiger partial charge in [0.1, 0.15) is 11.4 Å². The second-order valence-corrected chi connectivity index (χ2v) is 6.16. The van der Waals surface area contributed by atoms with Gasteiger partial charge >= 0.3 is 0 Å². The number of hydrogen-bond acceptors (Lipinski definition) is 5. The molecule has 1 amide bonds. The Morgan fingerprint density at radius 2 is 1.89 bits per heavy atom. The van der Waals surface area contributed by atoms with E-state index in [2.05, 4.69) is 17.3 Å². The van der Waals surface area contributed by atoms with Crippen LogP contribution in [0.5, 0.6) is 11.5 Å². The molecule has 0 bridgehead atoms. The van der Waals surface area contributed by atoms with Gasteiger partial charge in [-0.3, -0.25) is 9.59 Å². The molecule has 2 rings (SSSR count). The Labute approximate surface area is 159 Å². The van der Waals surface area contributed by atoms with Crippen molar-refractivity contribution in [2.24, 2.45) is 0 Å². The molecule has 27 heavy (non-hydrogen) atoms. The molecule has 1 aromatic heterocycles. The summed E-state index contributed by atoms with van der Waals surface area (Å²) in [7, 11) is 3.11. The minimum absolute atomic E-state index is 0.000360. The highest BCUT2D eigenvalue weighted by Crippen LogP contribution is 2.27. The van der Waals surface area contributed by atoms with E-state index in [1.807, 2.05) is 24.3 Å². The lowest BCUT2D eigenvalue weighted by Crippen LogP contribution is -2.26. The fourth-order valence-corrected chi connectivity index (χ4v) is 2.62. The lowest BCUT2D eigenvalue weighted by atomic mass is 10.1. The summed E-state index contributed by atoms with van der Waals surface area (Å²) in [5.74, 6) is 1.15. The first kappa shape index (κ1) is 20.5. The van der Waals surface area contributed by atoms with Crippen LogP contribution in [-0.2, 0) is 11.3 Å². The highest BCUT2D eigenvalue weighted by molar-refractivity contribution is 5.75. The predicted octanol–water partition coefficient (Wildman–Crippen LogP) is 2.62. The second kappa shape index (κ2) is 10.4. The Morgan fingerprint density at radius 1 is 1.15 bits per heavy atom. The number of ether oxygens (including phenoxy) is 2. The lowest BCUT2D eigenvalue weighted by Gasteiger charge is -2.12. The van der Waals surface area contributed by atoms with Gasteiger partial charge in [0.05, 0.1) is 14.2 Å². The van der Waals surface area contributed by atoms with Crippen LogP contribution in [-0.4, -0.2) is 36.5 Å². The molecule has 0 aliphatic carbocycles. The molecule has 0 spiro atoms. The van der Waals surface area contributed by atoms with Crippen LogP contribution in [0.15, 0.2) is 35.1 Å². The number of benzene rings is 1. The van der Waals surface area contributed by atoms with Gasteiger partial charge in [-0.25, -0.2) is 4.68 Å². The number of rotatable bonds is 10. The lowest BCUT2D eigenvalue weighted by molar-refractivity contribution is -0.121. The summed E-state index contributed by atoms with van der Waals surface area (Å²) >= 11 is 0. The maximum Gasteiger partial charge on any atom is 0.270 e. The van der Waals surface area contributed by atoms with Gasteiger partial charge in [0.15, 0.2) is 5.75 Å². The van der Waals surface area contributed by atoms with Gasteiger partial charge in [-0.15, -0.1) is 0 Å². The summed E-state index contributed by atoms with van der Waals surface area (Å²) in [5, 5.41) is 7.32. The van der Waals surface area contributed by atoms with E-state index >= 15 is 0 Å². The van der Waals surface area contributed by atoms with Crippen molar-refractivity contribution in [2.45, 2.75) is 39.2 Å². The standard InChI is InChI=1S/C20H27N3O4/c1-4-5-12-21-18(24)7-6-13-23-19(25)14-17(27-3)20(22-23)15-8-10-16(26-2)11-9-15/h8-11,14H,4-7,12-13H2,1-3H3,(H,21,24). The van der Waals surface area contributed by atoms with Crippen LogP contribution < -0.4 is 20.3 Å². The molecule has 0 aliphatic rings. The number of carbonyl (C=O) groups is 1. The molecule has 146 valence electrons. The van der Waals surface area contributed by atoms with Crippen molar-refractivity contribution in [2.75, 3.05) is 20.8 Å². The minimum atomic E-state index is -0.254. The number of amides is 1. The van der Waals surface area contributed by atoms with Crippen LogP contribution in [0.4, 0.5) is 0 Å². The molecule has 7 heteroatoms. The van der Waals surface area contributed by atoms with Crippen molar-refractivity contribution >= 4 is 5.91 Å². The molecule has 0 radical (unpaired) electrons. The summed E-state index contributed by atoms with van der Waals surface area (Å²) in [4.78, 5) is 24.1. The quantitative estimate of drug-likeness (QED) is 0.648. The molecule has 1 aromatic carbocycles. The molecular weight excluding hydrogens is 346 g/mol. The first-order valence-corrected chi connectivity index (χ1v) is 9.16. The van der Waals surface area contributed by atoms with Crippen molar-refractivity contribution in [3.05, 3.63) is 40.7 Å². The third kappa shape index (κ3) is 5.84. The SMILES string of the molecule is CCCCNC(=O)CCCn1nc(-c2ccc(OC)cc2)c(OC)cc1=O. The molecule has 0 atom stereocenters. The zero-order valence-electron chi connectivity index (χ0n) is 16.2. The van der Waals surface area contributed by atoms with Crippen molar-refractivity contribution in [1.82, 2.24) is 15.1 Å². The normalized spacial score (nSPS) is 10.5. The Balaban J connectivity index is 2.10. The van der Waals surface area contributed by atoms with E-state index in [9.17, 15) is 9.59 Å². The summed E-state index contributed by atoms with van der Waals surface area (Å²) in [5.41, 5.74) is 1.14. The van der Waals surface area contributed by atoms with Gasteiger partial charge in [0.25, 0.3) is 5.56 Å². The van der Waals surface area contributed by atoms with Crippen LogP contribution in [0.1, 0.15) is 32.6 Å². The Morgan fingerprint density at radius 3 is 2.52 bits per heavy atom.